The van der Waals surface area contributed by atoms with Gasteiger partial charge in [-0.25, -0.2) is 0 Å². The summed E-state index contributed by atoms with van der Waals surface area (Å²) in [7, 11) is -2.91. The van der Waals surface area contributed by atoms with Gasteiger partial charge in [0, 0.05) is 33.4 Å². The second kappa shape index (κ2) is 11.9. The Hall–Kier alpha value is -3.74. The first-order valence-corrected chi connectivity index (χ1v) is 15.8. The van der Waals surface area contributed by atoms with Crippen LogP contribution in [0.1, 0.15) is 53.7 Å². The summed E-state index contributed by atoms with van der Waals surface area (Å²) in [5.41, 5.74) is -5.26. The topological polar surface area (TPSA) is 95.9 Å². The summed E-state index contributed by atoms with van der Waals surface area (Å²) in [5, 5.41) is 23.8. The molecule has 242 valence electrons. The minimum Gasteiger partial charge on any atom is -0.485 e. The molecular weight excluding hydrogens is 617 g/mol. The molecular formula is C33H34F5NO5S. The van der Waals surface area contributed by atoms with E-state index in [1.165, 1.54) is 18.2 Å². The van der Waals surface area contributed by atoms with Gasteiger partial charge in [0.1, 0.15) is 17.5 Å². The molecule has 4 rings (SSSR count). The number of ether oxygens (including phenoxy) is 1. The largest absolute Gasteiger partial charge is 0.485 e. The Morgan fingerprint density at radius 3 is 2.18 bits per heavy atom. The second-order valence-electron chi connectivity index (χ2n) is 11.6. The first-order valence-electron chi connectivity index (χ1n) is 13.9. The lowest BCUT2D eigenvalue weighted by atomic mass is 9.82. The average Bonchev–Trinajstić information content (AvgIpc) is 2.98. The zero-order valence-corrected chi connectivity index (χ0v) is 25.6. The Labute approximate surface area is 258 Å². The van der Waals surface area contributed by atoms with Gasteiger partial charge in [0.25, 0.3) is 11.5 Å². The number of alkyl halides is 5. The van der Waals surface area contributed by atoms with E-state index in [4.69, 9.17) is 4.74 Å². The molecule has 1 amide bonds. The number of nitrogens with one attached hydrogen (secondary N) is 1. The molecule has 0 aromatic heterocycles. The quantitative estimate of drug-likeness (QED) is 0.140. The number of carbonyl (C=O) groups excluding carboxylic acids is 1. The third kappa shape index (κ3) is 6.36. The lowest BCUT2D eigenvalue weighted by Crippen LogP contribution is -2.55. The van der Waals surface area contributed by atoms with Gasteiger partial charge in [-0.15, -0.1) is 0 Å². The van der Waals surface area contributed by atoms with Crippen LogP contribution in [0.15, 0.2) is 84.3 Å². The number of anilines is 1. The standard InChI is InChI=1S/C33H34F5NO5S/c1-6-20-8-15-24(16-9-20)45(5,43)19-26-25-18-21(10-17-27(25)44-30(3,4)28(26)40)29(41)39-23-13-11-22(12-14-23)32(42,33(36,37)38)31(34,35)7-2/h7-18,26,28,40,42H,2,5-6,19H2,1,3-4H3,(H,39,41)/t26-,28+,32?,45?/m1/s1. The van der Waals surface area contributed by atoms with Gasteiger partial charge in [0.05, 0.1) is 0 Å². The molecule has 0 spiro atoms. The zero-order chi connectivity index (χ0) is 33.6. The molecule has 0 bridgehead atoms. The molecule has 0 aliphatic carbocycles. The fourth-order valence-electron chi connectivity index (χ4n) is 5.30. The molecule has 1 aliphatic rings. The minimum absolute atomic E-state index is 0.0433. The maximum Gasteiger partial charge on any atom is 0.427 e. The van der Waals surface area contributed by atoms with Gasteiger partial charge in [-0.2, -0.15) is 22.0 Å². The second-order valence-corrected chi connectivity index (χ2v) is 14.0. The summed E-state index contributed by atoms with van der Waals surface area (Å²) in [4.78, 5) is 13.7. The summed E-state index contributed by atoms with van der Waals surface area (Å²) in [6.45, 7) is 8.07. The van der Waals surface area contributed by atoms with Gasteiger partial charge in [0.15, 0.2) is 0 Å². The molecule has 0 radical (unpaired) electrons. The SMILES string of the molecule is C=CC(F)(F)C(O)(c1ccc(NC(=O)c2ccc3c(c2)[C@@H](CS(=C)(=O)c2ccc(CC)cc2)[C@H](O)C(C)(C)O3)cc1)C(F)(F)F. The summed E-state index contributed by atoms with van der Waals surface area (Å²) in [5.74, 6) is -1.92. The van der Waals surface area contributed by atoms with Crippen molar-refractivity contribution in [1.29, 1.82) is 0 Å². The summed E-state index contributed by atoms with van der Waals surface area (Å²) in [6, 6.07) is 14.8. The van der Waals surface area contributed by atoms with Crippen molar-refractivity contribution in [1.82, 2.24) is 0 Å². The van der Waals surface area contributed by atoms with Crippen LogP contribution in [0.2, 0.25) is 0 Å². The van der Waals surface area contributed by atoms with E-state index >= 15 is 0 Å². The molecule has 1 heterocycles. The van der Waals surface area contributed by atoms with E-state index in [2.05, 4.69) is 17.8 Å². The van der Waals surface area contributed by atoms with E-state index in [0.717, 1.165) is 24.1 Å². The number of fused-ring (bicyclic) bond motifs is 1. The fourth-order valence-corrected chi connectivity index (χ4v) is 7.07. The first kappa shape index (κ1) is 34.1. The van der Waals surface area contributed by atoms with Gasteiger partial charge in [-0.1, -0.05) is 37.8 Å². The molecule has 45 heavy (non-hydrogen) atoms. The molecule has 3 aromatic carbocycles. The maximum absolute atomic E-state index is 14.2. The van der Waals surface area contributed by atoms with Crippen molar-refractivity contribution in [3.63, 3.8) is 0 Å². The van der Waals surface area contributed by atoms with E-state index < -0.39 is 56.3 Å². The predicted molar refractivity (Wildman–Crippen MR) is 164 cm³/mol. The Bertz CT molecular complexity index is 1690. The average molecular weight is 652 g/mol. The highest BCUT2D eigenvalue weighted by Gasteiger charge is 2.68. The number of aryl methyl sites for hydroxylation is 1. The van der Waals surface area contributed by atoms with Crippen molar-refractivity contribution in [2.75, 3.05) is 11.1 Å². The van der Waals surface area contributed by atoms with E-state index in [-0.39, 0.29) is 23.1 Å². The molecule has 0 saturated carbocycles. The van der Waals surface area contributed by atoms with Crippen LogP contribution in [0.3, 0.4) is 0 Å². The Balaban J connectivity index is 1.63. The third-order valence-electron chi connectivity index (χ3n) is 8.06. The van der Waals surface area contributed by atoms with Gasteiger partial charge >= 0.3 is 12.1 Å². The highest BCUT2D eigenvalue weighted by atomic mass is 32.2. The molecule has 1 aliphatic heterocycles. The van der Waals surface area contributed by atoms with Gasteiger partial charge in [-0.3, -0.25) is 9.00 Å². The van der Waals surface area contributed by atoms with Crippen LogP contribution in [0.5, 0.6) is 5.75 Å². The molecule has 6 nitrogen and oxygen atoms in total. The monoisotopic (exact) mass is 651 g/mol. The normalized spacial score (nSPS) is 20.6. The van der Waals surface area contributed by atoms with E-state index in [1.54, 1.807) is 26.0 Å². The number of carbonyl (C=O) groups is 1. The highest BCUT2D eigenvalue weighted by molar-refractivity contribution is 8.00. The van der Waals surface area contributed by atoms with Crippen LogP contribution in [-0.2, 0) is 21.5 Å². The van der Waals surface area contributed by atoms with E-state index in [1.807, 2.05) is 19.1 Å². The van der Waals surface area contributed by atoms with Crippen molar-refractivity contribution in [2.24, 2.45) is 0 Å². The summed E-state index contributed by atoms with van der Waals surface area (Å²) >= 11 is 0. The molecule has 0 fully saturated rings. The van der Waals surface area contributed by atoms with Crippen LogP contribution in [-0.4, -0.2) is 55.8 Å². The molecule has 0 saturated heterocycles. The zero-order valence-electron chi connectivity index (χ0n) is 24.8. The number of amides is 1. The van der Waals surface area contributed by atoms with Crippen molar-refractivity contribution in [3.8, 4) is 5.75 Å². The number of rotatable bonds is 9. The summed E-state index contributed by atoms with van der Waals surface area (Å²) < 4.78 is 88.9. The van der Waals surface area contributed by atoms with Crippen molar-refractivity contribution in [2.45, 2.75) is 67.4 Å². The number of hydrogen-bond donors (Lipinski definition) is 3. The van der Waals surface area contributed by atoms with Gasteiger partial charge < -0.3 is 20.3 Å². The van der Waals surface area contributed by atoms with E-state index in [9.17, 15) is 41.2 Å². The minimum atomic E-state index is -5.74. The van der Waals surface area contributed by atoms with Crippen LogP contribution >= 0.6 is 0 Å². The van der Waals surface area contributed by atoms with Gasteiger partial charge in [-0.05, 0) is 95.3 Å². The van der Waals surface area contributed by atoms with Crippen LogP contribution in [0.4, 0.5) is 27.6 Å². The molecule has 4 atom stereocenters. The van der Waals surface area contributed by atoms with Gasteiger partial charge in [0.2, 0.25) is 0 Å². The first-order chi connectivity index (χ1) is 20.8. The fraction of sp³-hybridized carbons (Fsp3) is 0.333. The predicted octanol–water partition coefficient (Wildman–Crippen LogP) is 6.46. The highest BCUT2D eigenvalue weighted by Crippen LogP contribution is 2.50. The number of halogens is 5. The lowest BCUT2D eigenvalue weighted by Gasteiger charge is -2.42. The molecule has 3 aromatic rings. The molecule has 2 unspecified atom stereocenters. The number of hydrogen-bond acceptors (Lipinski definition) is 5. The number of aliphatic hydroxyl groups excluding tert-OH is 1. The van der Waals surface area contributed by atoms with Crippen molar-refractivity contribution >= 4 is 27.0 Å². The smallest absolute Gasteiger partial charge is 0.427 e. The third-order valence-corrected chi connectivity index (χ3v) is 10.1. The Kier molecular flexibility index (Phi) is 9.02. The molecule has 12 heteroatoms. The van der Waals surface area contributed by atoms with Crippen LogP contribution < -0.4 is 10.1 Å². The van der Waals surface area contributed by atoms with Crippen LogP contribution in [0.25, 0.3) is 0 Å². The molecule has 3 N–H and O–H groups in total. The van der Waals surface area contributed by atoms with Crippen LogP contribution in [0, 0.1) is 0 Å². The Morgan fingerprint density at radius 1 is 1.04 bits per heavy atom. The lowest BCUT2D eigenvalue weighted by molar-refractivity contribution is -0.327. The van der Waals surface area contributed by atoms with E-state index in [0.29, 0.717) is 28.3 Å². The Morgan fingerprint density at radius 2 is 1.64 bits per heavy atom. The number of aliphatic hydroxyl groups is 2. The summed E-state index contributed by atoms with van der Waals surface area (Å²) in [6.07, 6.45) is -6.35. The maximum atomic E-state index is 14.2. The number of benzene rings is 3. The van der Waals surface area contributed by atoms with Crippen molar-refractivity contribution < 1.29 is 45.9 Å². The van der Waals surface area contributed by atoms with Crippen molar-refractivity contribution in [3.05, 3.63) is 102 Å².